The van der Waals surface area contributed by atoms with Crippen molar-refractivity contribution in [3.05, 3.63) is 24.0 Å². The van der Waals surface area contributed by atoms with Crippen LogP contribution in [0.2, 0.25) is 0 Å². The molecule has 0 atom stereocenters. The highest BCUT2D eigenvalue weighted by atomic mass is 16.5. The Bertz CT molecular complexity index is 297. The van der Waals surface area contributed by atoms with Crippen LogP contribution in [-0.2, 0) is 6.54 Å². The van der Waals surface area contributed by atoms with E-state index in [4.69, 9.17) is 4.74 Å². The summed E-state index contributed by atoms with van der Waals surface area (Å²) < 4.78 is 5.59. The third-order valence-corrected chi connectivity index (χ3v) is 1.85. The van der Waals surface area contributed by atoms with E-state index in [1.807, 2.05) is 26.0 Å². The first-order valence-electron chi connectivity index (χ1n) is 5.43. The van der Waals surface area contributed by atoms with Crippen LogP contribution in [-0.4, -0.2) is 17.1 Å². The molecular formula is C12H20N2O. The summed E-state index contributed by atoms with van der Waals surface area (Å²) in [4.78, 5) is 4.28. The lowest BCUT2D eigenvalue weighted by molar-refractivity contribution is 0.242. The Labute approximate surface area is 91.9 Å². The van der Waals surface area contributed by atoms with Crippen molar-refractivity contribution in [2.24, 2.45) is 0 Å². The van der Waals surface area contributed by atoms with Crippen molar-refractivity contribution in [2.75, 3.05) is 0 Å². The van der Waals surface area contributed by atoms with Crippen molar-refractivity contribution in [3.8, 4) is 5.75 Å². The van der Waals surface area contributed by atoms with Gasteiger partial charge in [0.05, 0.1) is 11.8 Å². The second-order valence-corrected chi connectivity index (χ2v) is 4.19. The van der Waals surface area contributed by atoms with E-state index in [-0.39, 0.29) is 6.10 Å². The molecule has 84 valence electrons. The number of pyridine rings is 1. The highest BCUT2D eigenvalue weighted by Gasteiger charge is 2.01. The first-order valence-corrected chi connectivity index (χ1v) is 5.43. The molecule has 0 saturated carbocycles. The Kier molecular flexibility index (Phi) is 4.56. The van der Waals surface area contributed by atoms with Gasteiger partial charge in [-0.2, -0.15) is 0 Å². The molecule has 0 aliphatic heterocycles. The number of hydrogen-bond donors (Lipinski definition) is 1. The van der Waals surface area contributed by atoms with E-state index in [0.717, 1.165) is 18.0 Å². The number of nitrogens with one attached hydrogen (secondary N) is 1. The second-order valence-electron chi connectivity index (χ2n) is 4.19. The molecule has 1 N–H and O–H groups in total. The van der Waals surface area contributed by atoms with Gasteiger partial charge in [-0.1, -0.05) is 13.8 Å². The Morgan fingerprint density at radius 3 is 2.67 bits per heavy atom. The van der Waals surface area contributed by atoms with Gasteiger partial charge in [0.2, 0.25) is 0 Å². The Morgan fingerprint density at radius 2 is 2.07 bits per heavy atom. The summed E-state index contributed by atoms with van der Waals surface area (Å²) in [6, 6.07) is 4.34. The zero-order valence-corrected chi connectivity index (χ0v) is 9.95. The molecular weight excluding hydrogens is 188 g/mol. The minimum Gasteiger partial charge on any atom is -0.491 e. The molecule has 3 nitrogen and oxygen atoms in total. The van der Waals surface area contributed by atoms with Crippen LogP contribution in [0.15, 0.2) is 18.3 Å². The molecule has 1 aromatic rings. The van der Waals surface area contributed by atoms with E-state index in [1.54, 1.807) is 6.20 Å². The van der Waals surface area contributed by atoms with Crippen LogP contribution >= 0.6 is 0 Å². The van der Waals surface area contributed by atoms with E-state index < -0.39 is 0 Å². The minimum atomic E-state index is 0.207. The average molecular weight is 208 g/mol. The fourth-order valence-electron chi connectivity index (χ4n) is 1.21. The summed E-state index contributed by atoms with van der Waals surface area (Å²) in [5.74, 6) is 0.889. The van der Waals surface area contributed by atoms with Crippen molar-refractivity contribution >= 4 is 0 Å². The van der Waals surface area contributed by atoms with Gasteiger partial charge in [-0.05, 0) is 19.9 Å². The smallest absolute Gasteiger partial charge is 0.123 e. The molecule has 0 radical (unpaired) electrons. The van der Waals surface area contributed by atoms with Crippen LogP contribution in [0.3, 0.4) is 0 Å². The lowest BCUT2D eigenvalue weighted by atomic mass is 10.3. The molecule has 0 unspecified atom stereocenters. The summed E-state index contributed by atoms with van der Waals surface area (Å²) in [5, 5.41) is 3.32. The zero-order valence-electron chi connectivity index (χ0n) is 9.95. The van der Waals surface area contributed by atoms with Gasteiger partial charge in [0.25, 0.3) is 0 Å². The lowest BCUT2D eigenvalue weighted by Gasteiger charge is -2.11. The van der Waals surface area contributed by atoms with E-state index in [1.165, 1.54) is 0 Å². The summed E-state index contributed by atoms with van der Waals surface area (Å²) in [5.41, 5.74) is 1.02. The van der Waals surface area contributed by atoms with Crippen LogP contribution in [0.25, 0.3) is 0 Å². The van der Waals surface area contributed by atoms with E-state index in [2.05, 4.69) is 24.1 Å². The molecule has 15 heavy (non-hydrogen) atoms. The topological polar surface area (TPSA) is 34.1 Å². The highest BCUT2D eigenvalue weighted by Crippen LogP contribution is 2.12. The zero-order chi connectivity index (χ0) is 11.3. The molecule has 1 rings (SSSR count). The van der Waals surface area contributed by atoms with Gasteiger partial charge >= 0.3 is 0 Å². The van der Waals surface area contributed by atoms with Gasteiger partial charge in [-0.15, -0.1) is 0 Å². The van der Waals surface area contributed by atoms with Gasteiger partial charge in [0, 0.05) is 24.8 Å². The van der Waals surface area contributed by atoms with Crippen molar-refractivity contribution in [1.29, 1.82) is 0 Å². The van der Waals surface area contributed by atoms with Gasteiger partial charge in [0.1, 0.15) is 5.75 Å². The molecule has 1 heterocycles. The fourth-order valence-corrected chi connectivity index (χ4v) is 1.21. The van der Waals surface area contributed by atoms with Crippen molar-refractivity contribution in [2.45, 2.75) is 46.4 Å². The molecule has 0 aromatic carbocycles. The molecule has 0 saturated heterocycles. The first kappa shape index (κ1) is 12.0. The third kappa shape index (κ3) is 4.79. The van der Waals surface area contributed by atoms with Crippen LogP contribution in [0.1, 0.15) is 33.4 Å². The van der Waals surface area contributed by atoms with Crippen LogP contribution in [0.5, 0.6) is 5.75 Å². The van der Waals surface area contributed by atoms with Crippen LogP contribution in [0.4, 0.5) is 0 Å². The van der Waals surface area contributed by atoms with Crippen LogP contribution < -0.4 is 10.1 Å². The normalized spacial score (nSPS) is 11.1. The molecule has 0 bridgehead atoms. The van der Waals surface area contributed by atoms with Crippen molar-refractivity contribution < 1.29 is 4.74 Å². The standard InChI is InChI=1S/C12H20N2O/c1-9(2)14-8-11-7-12(5-6-13-11)15-10(3)4/h5-7,9-10,14H,8H2,1-4H3. The highest BCUT2D eigenvalue weighted by molar-refractivity contribution is 5.22. The predicted molar refractivity (Wildman–Crippen MR) is 62.0 cm³/mol. The maximum Gasteiger partial charge on any atom is 0.123 e. The average Bonchev–Trinajstić information content (AvgIpc) is 2.14. The Hall–Kier alpha value is -1.09. The van der Waals surface area contributed by atoms with E-state index >= 15 is 0 Å². The fraction of sp³-hybridized carbons (Fsp3) is 0.583. The summed E-state index contributed by atoms with van der Waals surface area (Å²) in [6.07, 6.45) is 1.99. The summed E-state index contributed by atoms with van der Waals surface area (Å²) in [6.45, 7) is 9.06. The molecule has 0 amide bonds. The lowest BCUT2D eigenvalue weighted by Crippen LogP contribution is -2.22. The van der Waals surface area contributed by atoms with Gasteiger partial charge < -0.3 is 10.1 Å². The van der Waals surface area contributed by atoms with Gasteiger partial charge in [-0.3, -0.25) is 4.98 Å². The SMILES string of the molecule is CC(C)NCc1cc(OC(C)C)ccn1. The molecule has 0 aliphatic carbocycles. The minimum absolute atomic E-state index is 0.207. The molecule has 0 aliphatic rings. The molecule has 0 fully saturated rings. The van der Waals surface area contributed by atoms with Crippen molar-refractivity contribution in [1.82, 2.24) is 10.3 Å². The number of nitrogens with zero attached hydrogens (tertiary/aromatic N) is 1. The van der Waals surface area contributed by atoms with E-state index in [0.29, 0.717) is 6.04 Å². The maximum atomic E-state index is 5.59. The Morgan fingerprint density at radius 1 is 1.33 bits per heavy atom. The number of aromatic nitrogens is 1. The predicted octanol–water partition coefficient (Wildman–Crippen LogP) is 2.37. The van der Waals surface area contributed by atoms with Crippen molar-refractivity contribution in [3.63, 3.8) is 0 Å². The number of ether oxygens (including phenoxy) is 1. The monoisotopic (exact) mass is 208 g/mol. The van der Waals surface area contributed by atoms with Gasteiger partial charge in [0.15, 0.2) is 0 Å². The van der Waals surface area contributed by atoms with Gasteiger partial charge in [-0.25, -0.2) is 0 Å². The summed E-state index contributed by atoms with van der Waals surface area (Å²) in [7, 11) is 0. The van der Waals surface area contributed by atoms with E-state index in [9.17, 15) is 0 Å². The molecule has 1 aromatic heterocycles. The molecule has 0 spiro atoms. The summed E-state index contributed by atoms with van der Waals surface area (Å²) >= 11 is 0. The largest absolute Gasteiger partial charge is 0.491 e. The number of hydrogen-bond acceptors (Lipinski definition) is 3. The molecule has 3 heteroatoms. The van der Waals surface area contributed by atoms with Crippen LogP contribution in [0, 0.1) is 0 Å². The quantitative estimate of drug-likeness (QED) is 0.806. The third-order valence-electron chi connectivity index (χ3n) is 1.85. The number of rotatable bonds is 5. The maximum absolute atomic E-state index is 5.59. The Balaban J connectivity index is 2.57. The second kappa shape index (κ2) is 5.71. The first-order chi connectivity index (χ1) is 7.08.